The molecule has 0 aliphatic heterocycles. The largest absolute Gasteiger partial charge is 0.412 e. The zero-order valence-electron chi connectivity index (χ0n) is 8.60. The van der Waals surface area contributed by atoms with Crippen molar-refractivity contribution in [2.24, 2.45) is 0 Å². The molecule has 0 saturated carbocycles. The number of hydrogen-bond donors (Lipinski definition) is 1. The van der Waals surface area contributed by atoms with E-state index in [1.165, 1.54) is 30.7 Å². The summed E-state index contributed by atoms with van der Waals surface area (Å²) in [5, 5.41) is 0. The number of halogens is 1. The molecule has 12 heavy (non-hydrogen) atoms. The van der Waals surface area contributed by atoms with Gasteiger partial charge in [-0.1, -0.05) is 0 Å². The van der Waals surface area contributed by atoms with Gasteiger partial charge in [0.2, 0.25) is 0 Å². The van der Waals surface area contributed by atoms with Gasteiger partial charge in [0.15, 0.2) is 0 Å². The van der Waals surface area contributed by atoms with Crippen LogP contribution < -0.4 is 0 Å². The molecule has 0 aliphatic carbocycles. The molecule has 0 radical (unpaired) electrons. The summed E-state index contributed by atoms with van der Waals surface area (Å²) in [5.74, 6) is 0. The van der Waals surface area contributed by atoms with Crippen molar-refractivity contribution in [3.8, 4) is 0 Å². The number of quaternary nitrogens is 1. The molecule has 0 fully saturated rings. The monoisotopic (exact) mass is 200 g/mol. The Kier molecular flexibility index (Phi) is 16.8. The maximum atomic E-state index is 6.47. The normalized spacial score (nSPS) is 9.50. The van der Waals surface area contributed by atoms with Crippen LogP contribution in [-0.4, -0.2) is 40.8 Å². The summed E-state index contributed by atoms with van der Waals surface area (Å²) in [4.78, 5) is 0. The van der Waals surface area contributed by atoms with Crippen molar-refractivity contribution in [2.45, 2.75) is 27.7 Å². The number of nitrogens with zero attached hydrogens (tertiary/aromatic N) is 1. The van der Waals surface area contributed by atoms with E-state index in [1.54, 1.807) is 0 Å². The van der Waals surface area contributed by atoms with E-state index in [-0.39, 0.29) is 5.48 Å². The Labute approximate surface area is 81.0 Å². The Morgan fingerprint density at radius 3 is 1.00 bits per heavy atom. The zero-order valence-corrected chi connectivity index (χ0v) is 9.36. The van der Waals surface area contributed by atoms with Gasteiger partial charge < -0.3 is 9.96 Å². The molecule has 0 heterocycles. The van der Waals surface area contributed by atoms with Crippen molar-refractivity contribution < 1.29 is 14.6 Å². The summed E-state index contributed by atoms with van der Waals surface area (Å²) in [6.07, 6.45) is 0. The van der Waals surface area contributed by atoms with E-state index in [0.29, 0.717) is 0 Å². The van der Waals surface area contributed by atoms with Crippen LogP contribution in [0.5, 0.6) is 0 Å². The maximum Gasteiger partial charge on any atom is 0.0757 e. The third kappa shape index (κ3) is 5.77. The molecule has 0 aromatic carbocycles. The van der Waals surface area contributed by atoms with Gasteiger partial charge in [-0.15, -0.1) is 0 Å². The highest BCUT2D eigenvalue weighted by Gasteiger charge is 2.16. The fraction of sp³-hybridized carbons (Fsp3) is 1.00. The van der Waals surface area contributed by atoms with Gasteiger partial charge in [-0.2, -0.15) is 0 Å². The third-order valence-electron chi connectivity index (χ3n) is 2.68. The summed E-state index contributed by atoms with van der Waals surface area (Å²) >= 11 is 3.64. The van der Waals surface area contributed by atoms with E-state index in [2.05, 4.69) is 39.6 Å². The minimum atomic E-state index is 0. The van der Waals surface area contributed by atoms with Crippen molar-refractivity contribution in [3.05, 3.63) is 0 Å². The lowest BCUT2D eigenvalue weighted by Crippen LogP contribution is -2.47. The summed E-state index contributed by atoms with van der Waals surface area (Å²) in [6, 6.07) is 0. The molecular formula is C8H23ClNO2+. The Hall–Kier alpha value is 0.170. The fourth-order valence-corrected chi connectivity index (χ4v) is 1.34. The van der Waals surface area contributed by atoms with Gasteiger partial charge in [-0.3, -0.25) is 4.66 Å². The minimum absolute atomic E-state index is 0. The molecule has 0 bridgehead atoms. The first-order chi connectivity index (χ1) is 5.24. The smallest absolute Gasteiger partial charge is 0.0757 e. The minimum Gasteiger partial charge on any atom is -0.412 e. The highest BCUT2D eigenvalue weighted by Crippen LogP contribution is 2.03. The predicted molar refractivity (Wildman–Crippen MR) is 54.1 cm³/mol. The standard InChI is InChI=1S/C8H20N.ClHO.H2O/c1-5-9(6-2,7-3)8-4;1-2;/h5-8H2,1-4H3;2H;1H2/q+1;;. The maximum absolute atomic E-state index is 6.47. The molecule has 0 saturated heterocycles. The van der Waals surface area contributed by atoms with E-state index < -0.39 is 0 Å². The van der Waals surface area contributed by atoms with Crippen molar-refractivity contribution in [3.63, 3.8) is 0 Å². The van der Waals surface area contributed by atoms with Crippen LogP contribution in [0.2, 0.25) is 0 Å². The fourth-order valence-electron chi connectivity index (χ4n) is 1.34. The lowest BCUT2D eigenvalue weighted by molar-refractivity contribution is -0.921. The number of hydrogen-bond acceptors (Lipinski definition) is 1. The number of rotatable bonds is 4. The van der Waals surface area contributed by atoms with Gasteiger partial charge in [-0.05, 0) is 27.7 Å². The SMILES string of the molecule is CC[N+](CC)(CC)CC.O.OCl. The molecule has 0 aromatic heterocycles. The lowest BCUT2D eigenvalue weighted by Gasteiger charge is -2.34. The average Bonchev–Trinajstić information content (AvgIpc) is 2.13. The predicted octanol–water partition coefficient (Wildman–Crippen LogP) is 1.19. The highest BCUT2D eigenvalue weighted by molar-refractivity contribution is 6.04. The summed E-state index contributed by atoms with van der Waals surface area (Å²) in [6.45, 7) is 14.2. The van der Waals surface area contributed by atoms with Crippen LogP contribution in [-0.2, 0) is 0 Å². The second-order valence-electron chi connectivity index (χ2n) is 2.61. The van der Waals surface area contributed by atoms with Crippen LogP contribution in [0.3, 0.4) is 0 Å². The molecule has 0 amide bonds. The van der Waals surface area contributed by atoms with Crippen molar-refractivity contribution in [1.82, 2.24) is 0 Å². The molecule has 0 rings (SSSR count). The van der Waals surface area contributed by atoms with E-state index >= 15 is 0 Å². The van der Waals surface area contributed by atoms with Crippen LogP contribution in [0.25, 0.3) is 0 Å². The van der Waals surface area contributed by atoms with Gasteiger partial charge >= 0.3 is 0 Å². The molecule has 4 heteroatoms. The Morgan fingerprint density at radius 1 is 0.833 bits per heavy atom. The lowest BCUT2D eigenvalue weighted by atomic mass is 10.3. The quantitative estimate of drug-likeness (QED) is 0.682. The molecule has 0 aliphatic rings. The summed E-state index contributed by atoms with van der Waals surface area (Å²) < 4.78 is 7.75. The Morgan fingerprint density at radius 2 is 1.00 bits per heavy atom. The van der Waals surface area contributed by atoms with E-state index in [4.69, 9.17) is 4.66 Å². The van der Waals surface area contributed by atoms with Crippen LogP contribution in [0, 0.1) is 0 Å². The van der Waals surface area contributed by atoms with Crippen molar-refractivity contribution in [1.29, 1.82) is 0 Å². The first-order valence-corrected chi connectivity index (χ1v) is 4.60. The second kappa shape index (κ2) is 11.2. The van der Waals surface area contributed by atoms with Crippen LogP contribution in [0.1, 0.15) is 27.7 Å². The second-order valence-corrected chi connectivity index (χ2v) is 2.61. The van der Waals surface area contributed by atoms with Crippen LogP contribution in [0.15, 0.2) is 0 Å². The molecule has 3 nitrogen and oxygen atoms in total. The van der Waals surface area contributed by atoms with Crippen LogP contribution in [0.4, 0.5) is 0 Å². The average molecular weight is 201 g/mol. The summed E-state index contributed by atoms with van der Waals surface area (Å²) in [5.41, 5.74) is 0. The van der Waals surface area contributed by atoms with E-state index in [9.17, 15) is 0 Å². The van der Waals surface area contributed by atoms with Crippen molar-refractivity contribution in [2.75, 3.05) is 26.2 Å². The van der Waals surface area contributed by atoms with Gasteiger partial charge in [0, 0.05) is 0 Å². The molecule has 0 aromatic rings. The van der Waals surface area contributed by atoms with E-state index in [0.717, 1.165) is 0 Å². The molecule has 78 valence electrons. The first kappa shape index (κ1) is 18.1. The highest BCUT2D eigenvalue weighted by atomic mass is 35.5. The van der Waals surface area contributed by atoms with Gasteiger partial charge in [-0.25, -0.2) is 0 Å². The molecular weight excluding hydrogens is 178 g/mol. The Balaban J connectivity index is -0.000000249. The first-order valence-electron chi connectivity index (χ1n) is 4.26. The molecule has 0 spiro atoms. The van der Waals surface area contributed by atoms with Crippen LogP contribution >= 0.6 is 11.9 Å². The third-order valence-corrected chi connectivity index (χ3v) is 2.68. The van der Waals surface area contributed by atoms with Gasteiger partial charge in [0.25, 0.3) is 0 Å². The molecule has 0 atom stereocenters. The Bertz CT molecular complexity index is 59.9. The molecule has 0 unspecified atom stereocenters. The van der Waals surface area contributed by atoms with Gasteiger partial charge in [0.05, 0.1) is 38.0 Å². The molecule has 3 N–H and O–H groups in total. The summed E-state index contributed by atoms with van der Waals surface area (Å²) in [7, 11) is 0. The zero-order chi connectivity index (χ0) is 9.33. The van der Waals surface area contributed by atoms with Gasteiger partial charge in [0.1, 0.15) is 0 Å². The van der Waals surface area contributed by atoms with E-state index in [1.807, 2.05) is 0 Å². The van der Waals surface area contributed by atoms with Crippen molar-refractivity contribution >= 4 is 11.9 Å². The topological polar surface area (TPSA) is 51.7 Å².